The molecule has 106 valence electrons. The molecule has 1 aliphatic carbocycles. The molecule has 0 radical (unpaired) electrons. The van der Waals surface area contributed by atoms with Crippen molar-refractivity contribution < 1.29 is 9.47 Å². The quantitative estimate of drug-likeness (QED) is 0.884. The van der Waals surface area contributed by atoms with Gasteiger partial charge in [0.15, 0.2) is 11.5 Å². The van der Waals surface area contributed by atoms with E-state index in [0.717, 1.165) is 30.9 Å². The summed E-state index contributed by atoms with van der Waals surface area (Å²) in [4.78, 5) is 0. The lowest BCUT2D eigenvalue weighted by Gasteiger charge is -2.29. The van der Waals surface area contributed by atoms with E-state index in [-0.39, 0.29) is 6.04 Å². The van der Waals surface area contributed by atoms with Crippen molar-refractivity contribution >= 4 is 0 Å². The van der Waals surface area contributed by atoms with Crippen molar-refractivity contribution in [1.29, 1.82) is 0 Å². The highest BCUT2D eigenvalue weighted by molar-refractivity contribution is 5.44. The SMILES string of the molecule is CCCOc1ccc(C2CCCCC2N)cc1OC. The summed E-state index contributed by atoms with van der Waals surface area (Å²) < 4.78 is 11.1. The van der Waals surface area contributed by atoms with Gasteiger partial charge in [0.25, 0.3) is 0 Å². The van der Waals surface area contributed by atoms with Crippen LogP contribution in [0.1, 0.15) is 50.5 Å². The van der Waals surface area contributed by atoms with Gasteiger partial charge in [-0.3, -0.25) is 0 Å². The largest absolute Gasteiger partial charge is 0.493 e. The van der Waals surface area contributed by atoms with E-state index < -0.39 is 0 Å². The van der Waals surface area contributed by atoms with E-state index in [0.29, 0.717) is 5.92 Å². The first-order valence-electron chi connectivity index (χ1n) is 7.32. The van der Waals surface area contributed by atoms with Crippen LogP contribution in [-0.4, -0.2) is 19.8 Å². The summed E-state index contributed by atoms with van der Waals surface area (Å²) in [5, 5.41) is 0. The van der Waals surface area contributed by atoms with E-state index in [1.807, 2.05) is 6.07 Å². The summed E-state index contributed by atoms with van der Waals surface area (Å²) in [6.07, 6.45) is 5.83. The number of hydrogen-bond acceptors (Lipinski definition) is 3. The molecule has 0 spiro atoms. The van der Waals surface area contributed by atoms with Crippen LogP contribution in [-0.2, 0) is 0 Å². The Morgan fingerprint density at radius 3 is 2.68 bits per heavy atom. The van der Waals surface area contributed by atoms with Gasteiger partial charge in [0.2, 0.25) is 0 Å². The Kier molecular flexibility index (Phi) is 5.08. The average molecular weight is 263 g/mol. The van der Waals surface area contributed by atoms with Gasteiger partial charge in [-0.25, -0.2) is 0 Å². The van der Waals surface area contributed by atoms with Gasteiger partial charge in [0.1, 0.15) is 0 Å². The monoisotopic (exact) mass is 263 g/mol. The van der Waals surface area contributed by atoms with E-state index in [2.05, 4.69) is 19.1 Å². The number of ether oxygens (including phenoxy) is 2. The maximum atomic E-state index is 6.25. The number of methoxy groups -OCH3 is 1. The molecule has 3 heteroatoms. The zero-order valence-corrected chi connectivity index (χ0v) is 12.0. The highest BCUT2D eigenvalue weighted by Crippen LogP contribution is 2.36. The van der Waals surface area contributed by atoms with Crippen molar-refractivity contribution in [2.45, 2.75) is 51.0 Å². The molecule has 0 saturated heterocycles. The predicted molar refractivity (Wildman–Crippen MR) is 78.0 cm³/mol. The lowest BCUT2D eigenvalue weighted by atomic mass is 9.80. The summed E-state index contributed by atoms with van der Waals surface area (Å²) in [5.41, 5.74) is 7.53. The topological polar surface area (TPSA) is 44.5 Å². The van der Waals surface area contributed by atoms with Crippen molar-refractivity contribution in [2.24, 2.45) is 5.73 Å². The van der Waals surface area contributed by atoms with Crippen LogP contribution in [0.2, 0.25) is 0 Å². The summed E-state index contributed by atoms with van der Waals surface area (Å²) >= 11 is 0. The van der Waals surface area contributed by atoms with Gasteiger partial charge < -0.3 is 15.2 Å². The van der Waals surface area contributed by atoms with Crippen molar-refractivity contribution in [2.75, 3.05) is 13.7 Å². The van der Waals surface area contributed by atoms with Crippen LogP contribution >= 0.6 is 0 Å². The molecule has 0 heterocycles. The molecule has 19 heavy (non-hydrogen) atoms. The van der Waals surface area contributed by atoms with Crippen LogP contribution in [0.15, 0.2) is 18.2 Å². The minimum absolute atomic E-state index is 0.279. The third-order valence-corrected chi connectivity index (χ3v) is 3.90. The molecule has 2 N–H and O–H groups in total. The number of hydrogen-bond donors (Lipinski definition) is 1. The molecule has 2 rings (SSSR count). The van der Waals surface area contributed by atoms with E-state index in [9.17, 15) is 0 Å². The average Bonchev–Trinajstić information content (AvgIpc) is 2.45. The molecule has 1 fully saturated rings. The third kappa shape index (κ3) is 3.41. The molecule has 1 aromatic carbocycles. The van der Waals surface area contributed by atoms with E-state index in [1.54, 1.807) is 7.11 Å². The van der Waals surface area contributed by atoms with Crippen LogP contribution in [0.25, 0.3) is 0 Å². The fourth-order valence-electron chi connectivity index (χ4n) is 2.82. The Morgan fingerprint density at radius 1 is 1.21 bits per heavy atom. The zero-order chi connectivity index (χ0) is 13.7. The van der Waals surface area contributed by atoms with Crippen molar-refractivity contribution in [3.63, 3.8) is 0 Å². The molecule has 0 aliphatic heterocycles. The van der Waals surface area contributed by atoms with Crippen molar-refractivity contribution in [1.82, 2.24) is 0 Å². The smallest absolute Gasteiger partial charge is 0.161 e. The van der Waals surface area contributed by atoms with Gasteiger partial charge in [-0.15, -0.1) is 0 Å². The summed E-state index contributed by atoms with van der Waals surface area (Å²) in [5.74, 6) is 2.11. The van der Waals surface area contributed by atoms with Crippen molar-refractivity contribution in [3.05, 3.63) is 23.8 Å². The highest BCUT2D eigenvalue weighted by Gasteiger charge is 2.24. The molecule has 1 aromatic rings. The first-order chi connectivity index (χ1) is 9.26. The van der Waals surface area contributed by atoms with Crippen LogP contribution in [0.4, 0.5) is 0 Å². The normalized spacial score (nSPS) is 23.1. The van der Waals surface area contributed by atoms with Crippen molar-refractivity contribution in [3.8, 4) is 11.5 Å². The lowest BCUT2D eigenvalue weighted by molar-refractivity contribution is 0.293. The Bertz CT molecular complexity index is 406. The van der Waals surface area contributed by atoms with Gasteiger partial charge in [0, 0.05) is 6.04 Å². The molecular weight excluding hydrogens is 238 g/mol. The molecule has 1 aliphatic rings. The first kappa shape index (κ1) is 14.2. The third-order valence-electron chi connectivity index (χ3n) is 3.90. The summed E-state index contributed by atoms with van der Waals surface area (Å²) in [6, 6.07) is 6.54. The molecule has 0 amide bonds. The molecular formula is C16H25NO2. The molecule has 0 bridgehead atoms. The molecule has 1 saturated carbocycles. The fraction of sp³-hybridized carbons (Fsp3) is 0.625. The molecule has 2 unspecified atom stereocenters. The van der Waals surface area contributed by atoms with Gasteiger partial charge in [-0.1, -0.05) is 25.8 Å². The lowest BCUT2D eigenvalue weighted by Crippen LogP contribution is -2.31. The maximum Gasteiger partial charge on any atom is 0.161 e. The van der Waals surface area contributed by atoms with Gasteiger partial charge in [0.05, 0.1) is 13.7 Å². The Hall–Kier alpha value is -1.22. The van der Waals surface area contributed by atoms with Crippen LogP contribution < -0.4 is 15.2 Å². The Balaban J connectivity index is 2.17. The van der Waals surface area contributed by atoms with E-state index >= 15 is 0 Å². The highest BCUT2D eigenvalue weighted by atomic mass is 16.5. The second-order valence-electron chi connectivity index (χ2n) is 5.31. The number of benzene rings is 1. The minimum atomic E-state index is 0.279. The van der Waals surface area contributed by atoms with Gasteiger partial charge in [-0.05, 0) is 42.9 Å². The van der Waals surface area contributed by atoms with E-state index in [4.69, 9.17) is 15.2 Å². The first-order valence-corrected chi connectivity index (χ1v) is 7.32. The van der Waals surface area contributed by atoms with Crippen LogP contribution in [0.5, 0.6) is 11.5 Å². The Morgan fingerprint density at radius 2 is 2.00 bits per heavy atom. The maximum absolute atomic E-state index is 6.25. The summed E-state index contributed by atoms with van der Waals surface area (Å²) in [7, 11) is 1.69. The minimum Gasteiger partial charge on any atom is -0.493 e. The zero-order valence-electron chi connectivity index (χ0n) is 12.0. The standard InChI is InChI=1S/C16H25NO2/c1-3-10-19-15-9-8-12(11-16(15)18-2)13-6-4-5-7-14(13)17/h8-9,11,13-14H,3-7,10,17H2,1-2H3. The van der Waals surface area contributed by atoms with Gasteiger partial charge >= 0.3 is 0 Å². The fourth-order valence-corrected chi connectivity index (χ4v) is 2.82. The van der Waals surface area contributed by atoms with Crippen LogP contribution in [0, 0.1) is 0 Å². The predicted octanol–water partition coefficient (Wildman–Crippen LogP) is 3.47. The van der Waals surface area contributed by atoms with Crippen LogP contribution in [0.3, 0.4) is 0 Å². The summed E-state index contributed by atoms with van der Waals surface area (Å²) in [6.45, 7) is 2.82. The number of rotatable bonds is 5. The van der Waals surface area contributed by atoms with Gasteiger partial charge in [-0.2, -0.15) is 0 Å². The molecule has 2 atom stereocenters. The van der Waals surface area contributed by atoms with E-state index in [1.165, 1.54) is 24.8 Å². The number of nitrogens with two attached hydrogens (primary N) is 1. The Labute approximate surface area is 116 Å². The molecule has 3 nitrogen and oxygen atoms in total. The molecule has 0 aromatic heterocycles. The second kappa shape index (κ2) is 6.80. The second-order valence-corrected chi connectivity index (χ2v) is 5.31.